The topological polar surface area (TPSA) is 89.3 Å². The van der Waals surface area contributed by atoms with Crippen LogP contribution in [0, 0.1) is 12.8 Å². The maximum atomic E-state index is 12.2. The van der Waals surface area contributed by atoms with Crippen LogP contribution in [-0.4, -0.2) is 20.4 Å². The van der Waals surface area contributed by atoms with Crippen molar-refractivity contribution >= 4 is 15.9 Å². The molecule has 2 unspecified atom stereocenters. The largest absolute Gasteiger partial charge is 0.350 e. The third-order valence-electron chi connectivity index (χ3n) is 3.59. The predicted octanol–water partition coefficient (Wildman–Crippen LogP) is 2.20. The van der Waals surface area contributed by atoms with Crippen LogP contribution in [0.3, 0.4) is 0 Å². The Morgan fingerprint density at radius 2 is 1.95 bits per heavy atom. The van der Waals surface area contributed by atoms with Gasteiger partial charge in [0.25, 0.3) is 5.91 Å². The molecule has 0 aliphatic rings. The van der Waals surface area contributed by atoms with Gasteiger partial charge in [0.05, 0.1) is 4.90 Å². The molecule has 0 aliphatic heterocycles. The molecule has 1 aromatic rings. The molecule has 5 nitrogen and oxygen atoms in total. The first kappa shape index (κ1) is 17.7. The average molecular weight is 312 g/mol. The molecule has 1 amide bonds. The number of benzene rings is 1. The highest BCUT2D eigenvalue weighted by molar-refractivity contribution is 7.89. The fourth-order valence-corrected chi connectivity index (χ4v) is 2.99. The van der Waals surface area contributed by atoms with Crippen LogP contribution >= 0.6 is 0 Å². The van der Waals surface area contributed by atoms with Crippen LogP contribution in [0.2, 0.25) is 0 Å². The maximum absolute atomic E-state index is 12.2. The molecule has 0 aliphatic carbocycles. The van der Waals surface area contributed by atoms with Crippen molar-refractivity contribution in [3.8, 4) is 0 Å². The number of hydrogen-bond acceptors (Lipinski definition) is 3. The van der Waals surface area contributed by atoms with Gasteiger partial charge in [-0.2, -0.15) is 0 Å². The number of amides is 1. The number of nitrogens with two attached hydrogens (primary N) is 1. The van der Waals surface area contributed by atoms with Gasteiger partial charge in [-0.3, -0.25) is 4.79 Å². The smallest absolute Gasteiger partial charge is 0.251 e. The molecular weight excluding hydrogens is 288 g/mol. The number of aryl methyl sites for hydroxylation is 1. The molecule has 2 atom stereocenters. The standard InChI is InChI=1S/C15H24N2O3S/c1-5-10(2)8-12(4)17-15(18)13-7-6-11(3)14(9-13)21(16,19)20/h6-7,9-10,12H,5,8H2,1-4H3,(H,17,18)(H2,16,19,20). The lowest BCUT2D eigenvalue weighted by atomic mass is 10.00. The normalized spacial score (nSPS) is 14.5. The van der Waals surface area contributed by atoms with Crippen LogP contribution in [0.1, 0.15) is 49.5 Å². The van der Waals surface area contributed by atoms with E-state index in [-0.39, 0.29) is 16.8 Å². The molecular formula is C15H24N2O3S. The first-order valence-electron chi connectivity index (χ1n) is 7.09. The van der Waals surface area contributed by atoms with E-state index in [2.05, 4.69) is 19.2 Å². The molecule has 0 bridgehead atoms. The molecule has 1 rings (SSSR count). The van der Waals surface area contributed by atoms with E-state index in [1.165, 1.54) is 6.07 Å². The second-order valence-electron chi connectivity index (χ2n) is 5.65. The molecule has 0 saturated carbocycles. The summed E-state index contributed by atoms with van der Waals surface area (Å²) in [5.41, 5.74) is 0.835. The minimum absolute atomic E-state index is 0.00951. The Morgan fingerprint density at radius 1 is 1.33 bits per heavy atom. The molecule has 1 aromatic carbocycles. The lowest BCUT2D eigenvalue weighted by molar-refractivity contribution is 0.0935. The number of sulfonamides is 1. The molecule has 3 N–H and O–H groups in total. The van der Waals surface area contributed by atoms with Gasteiger partial charge >= 0.3 is 0 Å². The second kappa shape index (κ2) is 7.04. The molecule has 0 aromatic heterocycles. The lowest BCUT2D eigenvalue weighted by Gasteiger charge is -2.18. The van der Waals surface area contributed by atoms with Crippen molar-refractivity contribution < 1.29 is 13.2 Å². The maximum Gasteiger partial charge on any atom is 0.251 e. The van der Waals surface area contributed by atoms with E-state index in [4.69, 9.17) is 5.14 Å². The number of hydrogen-bond donors (Lipinski definition) is 2. The summed E-state index contributed by atoms with van der Waals surface area (Å²) in [6.45, 7) is 7.83. The van der Waals surface area contributed by atoms with Crippen molar-refractivity contribution in [3.05, 3.63) is 29.3 Å². The minimum atomic E-state index is -3.82. The fourth-order valence-electron chi connectivity index (χ4n) is 2.18. The third kappa shape index (κ3) is 5.13. The van der Waals surface area contributed by atoms with E-state index in [0.29, 0.717) is 17.0 Å². The number of rotatable bonds is 6. The van der Waals surface area contributed by atoms with Crippen molar-refractivity contribution in [2.24, 2.45) is 11.1 Å². The van der Waals surface area contributed by atoms with E-state index < -0.39 is 10.0 Å². The van der Waals surface area contributed by atoms with Crippen molar-refractivity contribution in [2.75, 3.05) is 0 Å². The van der Waals surface area contributed by atoms with Crippen LogP contribution < -0.4 is 10.5 Å². The van der Waals surface area contributed by atoms with E-state index in [9.17, 15) is 13.2 Å². The SMILES string of the molecule is CCC(C)CC(C)NC(=O)c1ccc(C)c(S(N)(=O)=O)c1. The van der Waals surface area contributed by atoms with Gasteiger partial charge in [0.1, 0.15) is 0 Å². The Hall–Kier alpha value is -1.40. The van der Waals surface area contributed by atoms with Gasteiger partial charge < -0.3 is 5.32 Å². The van der Waals surface area contributed by atoms with Crippen LogP contribution in [0.5, 0.6) is 0 Å². The van der Waals surface area contributed by atoms with E-state index in [1.54, 1.807) is 19.1 Å². The summed E-state index contributed by atoms with van der Waals surface area (Å²) in [6.07, 6.45) is 1.94. The van der Waals surface area contributed by atoms with Gasteiger partial charge in [-0.1, -0.05) is 26.3 Å². The third-order valence-corrected chi connectivity index (χ3v) is 4.64. The molecule has 0 spiro atoms. The quantitative estimate of drug-likeness (QED) is 0.844. The summed E-state index contributed by atoms with van der Waals surface area (Å²) in [6, 6.07) is 4.56. The molecule has 21 heavy (non-hydrogen) atoms. The summed E-state index contributed by atoms with van der Waals surface area (Å²) < 4.78 is 23.0. The van der Waals surface area contributed by atoms with Gasteiger partial charge in [-0.15, -0.1) is 0 Å². The number of nitrogens with one attached hydrogen (secondary N) is 1. The van der Waals surface area contributed by atoms with E-state index in [0.717, 1.165) is 12.8 Å². The minimum Gasteiger partial charge on any atom is -0.350 e. The Morgan fingerprint density at radius 3 is 2.48 bits per heavy atom. The Bertz CT molecular complexity index is 611. The number of primary sulfonamides is 1. The van der Waals surface area contributed by atoms with Gasteiger partial charge in [0.15, 0.2) is 0 Å². The second-order valence-corrected chi connectivity index (χ2v) is 7.18. The number of carbonyl (C=O) groups excluding carboxylic acids is 1. The zero-order valence-electron chi connectivity index (χ0n) is 13.0. The van der Waals surface area contributed by atoms with Crippen LogP contribution in [0.25, 0.3) is 0 Å². The lowest BCUT2D eigenvalue weighted by Crippen LogP contribution is -2.33. The highest BCUT2D eigenvalue weighted by Crippen LogP contribution is 2.16. The average Bonchev–Trinajstić information content (AvgIpc) is 2.37. The Labute approximate surface area is 127 Å². The summed E-state index contributed by atoms with van der Waals surface area (Å²) in [4.78, 5) is 12.2. The molecule has 118 valence electrons. The highest BCUT2D eigenvalue weighted by Gasteiger charge is 2.17. The first-order chi connectivity index (χ1) is 9.65. The van der Waals surface area contributed by atoms with Crippen molar-refractivity contribution in [1.82, 2.24) is 5.32 Å². The fraction of sp³-hybridized carbons (Fsp3) is 0.533. The van der Waals surface area contributed by atoms with Gasteiger partial charge in [-0.05, 0) is 43.9 Å². The highest BCUT2D eigenvalue weighted by atomic mass is 32.2. The summed E-state index contributed by atoms with van der Waals surface area (Å²) in [5.74, 6) is 0.244. The molecule has 0 heterocycles. The summed E-state index contributed by atoms with van der Waals surface area (Å²) >= 11 is 0. The Balaban J connectivity index is 2.89. The Kier molecular flexibility index (Phi) is 5.92. The summed E-state index contributed by atoms with van der Waals surface area (Å²) in [7, 11) is -3.82. The molecule has 6 heteroatoms. The zero-order chi connectivity index (χ0) is 16.2. The molecule has 0 saturated heterocycles. The van der Waals surface area contributed by atoms with Crippen molar-refractivity contribution in [1.29, 1.82) is 0 Å². The van der Waals surface area contributed by atoms with E-state index in [1.807, 2.05) is 6.92 Å². The van der Waals surface area contributed by atoms with E-state index >= 15 is 0 Å². The van der Waals surface area contributed by atoms with Crippen LogP contribution in [-0.2, 0) is 10.0 Å². The predicted molar refractivity (Wildman–Crippen MR) is 83.6 cm³/mol. The molecule has 0 fully saturated rings. The molecule has 0 radical (unpaired) electrons. The first-order valence-corrected chi connectivity index (χ1v) is 8.64. The number of carbonyl (C=O) groups is 1. The van der Waals surface area contributed by atoms with Crippen molar-refractivity contribution in [3.63, 3.8) is 0 Å². The monoisotopic (exact) mass is 312 g/mol. The zero-order valence-corrected chi connectivity index (χ0v) is 13.8. The van der Waals surface area contributed by atoms with Crippen LogP contribution in [0.4, 0.5) is 0 Å². The van der Waals surface area contributed by atoms with Crippen LogP contribution in [0.15, 0.2) is 23.1 Å². The summed E-state index contributed by atoms with van der Waals surface area (Å²) in [5, 5.41) is 8.04. The van der Waals surface area contributed by atoms with Gasteiger partial charge in [-0.25, -0.2) is 13.6 Å². The van der Waals surface area contributed by atoms with Gasteiger partial charge in [0.2, 0.25) is 10.0 Å². The van der Waals surface area contributed by atoms with Crippen molar-refractivity contribution in [2.45, 2.75) is 51.5 Å². The van der Waals surface area contributed by atoms with Gasteiger partial charge in [0, 0.05) is 11.6 Å².